The Morgan fingerprint density at radius 1 is 0.364 bits per heavy atom. The molecular weight excluding hydrogens is 669 g/mol. The van der Waals surface area contributed by atoms with E-state index in [2.05, 4.69) is 180 Å². The number of aromatic nitrogens is 4. The van der Waals surface area contributed by atoms with Crippen LogP contribution >= 0.6 is 0 Å². The SMILES string of the molecule is c1ccc(-c2nn(-c3ccccc3)c3c2c(-c2ccc(-c4ccc(-c5cc6cccnc6c6ncccc56)c5ccccc45)cc2)cc2ccccc23)cc1. The minimum Gasteiger partial charge on any atom is -0.254 e. The molecule has 0 N–H and O–H groups in total. The number of pyridine rings is 2. The second kappa shape index (κ2) is 12.6. The Balaban J connectivity index is 1.09. The number of fused-ring (bicyclic) bond motifs is 7. The lowest BCUT2D eigenvalue weighted by molar-refractivity contribution is 0.918. The Morgan fingerprint density at radius 2 is 0.927 bits per heavy atom. The molecule has 0 atom stereocenters. The fourth-order valence-electron chi connectivity index (χ4n) is 8.38. The van der Waals surface area contributed by atoms with Crippen LogP contribution in [0.25, 0.3) is 105 Å². The van der Waals surface area contributed by atoms with Crippen molar-refractivity contribution in [3.05, 3.63) is 194 Å². The van der Waals surface area contributed by atoms with Gasteiger partial charge < -0.3 is 0 Å². The van der Waals surface area contributed by atoms with E-state index in [4.69, 9.17) is 10.1 Å². The van der Waals surface area contributed by atoms with Crippen molar-refractivity contribution in [1.29, 1.82) is 0 Å². The van der Waals surface area contributed by atoms with Gasteiger partial charge in [0.15, 0.2) is 0 Å². The van der Waals surface area contributed by atoms with E-state index in [1.807, 2.05) is 24.5 Å². The van der Waals surface area contributed by atoms with Crippen LogP contribution in [0.2, 0.25) is 0 Å². The molecule has 0 bridgehead atoms. The molecule has 0 aliphatic rings. The number of para-hydroxylation sites is 1. The smallest absolute Gasteiger partial charge is 0.101 e. The first-order chi connectivity index (χ1) is 27.3. The van der Waals surface area contributed by atoms with Crippen LogP contribution in [-0.2, 0) is 0 Å². The highest BCUT2D eigenvalue weighted by molar-refractivity contribution is 6.18. The van der Waals surface area contributed by atoms with Crippen molar-refractivity contribution in [2.24, 2.45) is 0 Å². The first-order valence-electron chi connectivity index (χ1n) is 18.6. The van der Waals surface area contributed by atoms with Crippen LogP contribution in [-0.4, -0.2) is 19.7 Å². The third kappa shape index (κ3) is 5.03. The van der Waals surface area contributed by atoms with Crippen LogP contribution in [0, 0.1) is 0 Å². The molecule has 55 heavy (non-hydrogen) atoms. The summed E-state index contributed by atoms with van der Waals surface area (Å²) in [5.41, 5.74) is 13.1. The molecule has 4 nitrogen and oxygen atoms in total. The normalized spacial score (nSPS) is 11.6. The summed E-state index contributed by atoms with van der Waals surface area (Å²) in [7, 11) is 0. The van der Waals surface area contributed by atoms with Crippen LogP contribution in [0.1, 0.15) is 0 Å². The lowest BCUT2D eigenvalue weighted by Gasteiger charge is -2.15. The second-order valence-corrected chi connectivity index (χ2v) is 14.0. The number of rotatable bonds is 5. The van der Waals surface area contributed by atoms with Crippen molar-refractivity contribution in [3.8, 4) is 50.3 Å². The van der Waals surface area contributed by atoms with Gasteiger partial charge in [0.05, 0.1) is 22.2 Å². The Labute approximate surface area is 317 Å². The zero-order valence-electron chi connectivity index (χ0n) is 29.8. The summed E-state index contributed by atoms with van der Waals surface area (Å²) >= 11 is 0. The molecule has 0 aliphatic carbocycles. The number of nitrogens with zero attached hydrogens (tertiary/aromatic N) is 4. The summed E-state index contributed by atoms with van der Waals surface area (Å²) in [6.07, 6.45) is 3.69. The minimum absolute atomic E-state index is 0.923. The van der Waals surface area contributed by atoms with E-state index in [0.717, 1.165) is 66.3 Å². The molecule has 0 spiro atoms. The van der Waals surface area contributed by atoms with Crippen molar-refractivity contribution >= 4 is 54.3 Å². The first kappa shape index (κ1) is 31.1. The Kier molecular flexibility index (Phi) is 7.14. The molecule has 0 amide bonds. The Hall–Kier alpha value is -7.43. The average molecular weight is 701 g/mol. The maximum Gasteiger partial charge on any atom is 0.101 e. The van der Waals surface area contributed by atoms with Gasteiger partial charge in [-0.1, -0.05) is 146 Å². The van der Waals surface area contributed by atoms with Crippen molar-refractivity contribution < 1.29 is 0 Å². The molecule has 256 valence electrons. The molecule has 0 saturated carbocycles. The molecule has 0 fully saturated rings. The molecule has 11 rings (SSSR count). The standard InChI is InChI=1S/C51H32N4/c1-3-13-35(14-4-1)48-47-45(31-36-15-7-8-19-40(36)51(47)55(54-48)38-17-5-2-6-18-38)34-25-23-33(24-26-34)39-27-28-43(42-21-10-9-20-41(39)42)46-32-37-16-11-29-52-49(37)50-44(46)22-12-30-53-50/h1-32H. The molecule has 3 aromatic heterocycles. The van der Waals surface area contributed by atoms with Crippen molar-refractivity contribution in [3.63, 3.8) is 0 Å². The minimum atomic E-state index is 0.923. The highest BCUT2D eigenvalue weighted by Gasteiger charge is 2.21. The summed E-state index contributed by atoms with van der Waals surface area (Å²) in [5.74, 6) is 0. The van der Waals surface area contributed by atoms with E-state index in [0.29, 0.717) is 0 Å². The van der Waals surface area contributed by atoms with E-state index < -0.39 is 0 Å². The zero-order valence-corrected chi connectivity index (χ0v) is 29.8. The van der Waals surface area contributed by atoms with Gasteiger partial charge in [-0.05, 0) is 85.9 Å². The van der Waals surface area contributed by atoms with E-state index in [-0.39, 0.29) is 0 Å². The summed E-state index contributed by atoms with van der Waals surface area (Å²) in [6, 6.07) is 64.9. The lowest BCUT2D eigenvalue weighted by atomic mass is 9.89. The molecule has 0 aliphatic heterocycles. The molecule has 0 radical (unpaired) electrons. The van der Waals surface area contributed by atoms with E-state index in [1.165, 1.54) is 38.2 Å². The van der Waals surface area contributed by atoms with Gasteiger partial charge in [0.2, 0.25) is 0 Å². The van der Waals surface area contributed by atoms with Gasteiger partial charge >= 0.3 is 0 Å². The summed E-state index contributed by atoms with van der Waals surface area (Å²) < 4.78 is 2.12. The van der Waals surface area contributed by atoms with Crippen LogP contribution < -0.4 is 0 Å². The quantitative estimate of drug-likeness (QED) is 0.168. The number of hydrogen-bond donors (Lipinski definition) is 0. The lowest BCUT2D eigenvalue weighted by Crippen LogP contribution is -1.96. The predicted molar refractivity (Wildman–Crippen MR) is 228 cm³/mol. The molecule has 3 heterocycles. The van der Waals surface area contributed by atoms with Gasteiger partial charge in [-0.25, -0.2) is 4.68 Å². The topological polar surface area (TPSA) is 43.6 Å². The van der Waals surface area contributed by atoms with Crippen LogP contribution in [0.3, 0.4) is 0 Å². The fraction of sp³-hybridized carbons (Fsp3) is 0. The average Bonchev–Trinajstić information content (AvgIpc) is 3.68. The largest absolute Gasteiger partial charge is 0.254 e. The third-order valence-corrected chi connectivity index (χ3v) is 10.9. The molecule has 0 saturated heterocycles. The van der Waals surface area contributed by atoms with Gasteiger partial charge in [0.1, 0.15) is 5.69 Å². The highest BCUT2D eigenvalue weighted by atomic mass is 15.3. The molecular formula is C51H32N4. The Morgan fingerprint density at radius 3 is 1.71 bits per heavy atom. The van der Waals surface area contributed by atoms with E-state index >= 15 is 0 Å². The predicted octanol–water partition coefficient (Wildman–Crippen LogP) is 13.1. The monoisotopic (exact) mass is 700 g/mol. The molecule has 11 aromatic rings. The maximum atomic E-state index is 5.34. The zero-order chi connectivity index (χ0) is 36.3. The van der Waals surface area contributed by atoms with Crippen LogP contribution in [0.5, 0.6) is 0 Å². The van der Waals surface area contributed by atoms with Gasteiger partial charge in [-0.2, -0.15) is 5.10 Å². The van der Waals surface area contributed by atoms with Crippen molar-refractivity contribution in [2.75, 3.05) is 0 Å². The molecule has 8 aromatic carbocycles. The summed E-state index contributed by atoms with van der Waals surface area (Å²) in [6.45, 7) is 0. The molecule has 0 unspecified atom stereocenters. The summed E-state index contributed by atoms with van der Waals surface area (Å²) in [5, 5.41) is 13.4. The summed E-state index contributed by atoms with van der Waals surface area (Å²) in [4.78, 5) is 9.47. The number of hydrogen-bond acceptors (Lipinski definition) is 3. The Bertz CT molecular complexity index is 3240. The van der Waals surface area contributed by atoms with Gasteiger partial charge in [-0.3, -0.25) is 9.97 Å². The molecule has 4 heteroatoms. The third-order valence-electron chi connectivity index (χ3n) is 10.9. The van der Waals surface area contributed by atoms with Crippen molar-refractivity contribution in [1.82, 2.24) is 19.7 Å². The van der Waals surface area contributed by atoms with Crippen molar-refractivity contribution in [2.45, 2.75) is 0 Å². The van der Waals surface area contributed by atoms with Crippen LogP contribution in [0.4, 0.5) is 0 Å². The first-order valence-corrected chi connectivity index (χ1v) is 18.6. The maximum absolute atomic E-state index is 5.34. The van der Waals surface area contributed by atoms with Gasteiger partial charge in [-0.15, -0.1) is 0 Å². The van der Waals surface area contributed by atoms with Gasteiger partial charge in [0, 0.05) is 39.5 Å². The van der Waals surface area contributed by atoms with Gasteiger partial charge in [0.25, 0.3) is 0 Å². The highest BCUT2D eigenvalue weighted by Crippen LogP contribution is 2.43. The van der Waals surface area contributed by atoms with E-state index in [1.54, 1.807) is 0 Å². The van der Waals surface area contributed by atoms with Crippen LogP contribution in [0.15, 0.2) is 194 Å². The van der Waals surface area contributed by atoms with E-state index in [9.17, 15) is 0 Å². The second-order valence-electron chi connectivity index (χ2n) is 14.0. The fourth-order valence-corrected chi connectivity index (χ4v) is 8.38. The number of benzene rings is 8.